The minimum atomic E-state index is 0.0344. The van der Waals surface area contributed by atoms with Crippen LogP contribution in [0.15, 0.2) is 22.7 Å². The lowest BCUT2D eigenvalue weighted by atomic mass is 9.96. The third-order valence-corrected chi connectivity index (χ3v) is 5.10. The van der Waals surface area contributed by atoms with Crippen molar-refractivity contribution in [2.45, 2.75) is 51.1 Å². The van der Waals surface area contributed by atoms with Crippen molar-refractivity contribution < 1.29 is 4.79 Å². The molecule has 0 aliphatic carbocycles. The highest BCUT2D eigenvalue weighted by atomic mass is 79.9. The van der Waals surface area contributed by atoms with Crippen LogP contribution in [0.5, 0.6) is 0 Å². The van der Waals surface area contributed by atoms with Crippen molar-refractivity contribution in [1.29, 1.82) is 0 Å². The van der Waals surface area contributed by atoms with Gasteiger partial charge < -0.3 is 10.6 Å². The van der Waals surface area contributed by atoms with Gasteiger partial charge in [-0.1, -0.05) is 27.5 Å². The molecule has 1 aliphatic rings. The molecule has 5 heteroatoms. The van der Waals surface area contributed by atoms with Gasteiger partial charge in [0.2, 0.25) is 5.91 Å². The maximum atomic E-state index is 12.5. The van der Waals surface area contributed by atoms with E-state index in [0.717, 1.165) is 35.8 Å². The van der Waals surface area contributed by atoms with Crippen molar-refractivity contribution in [2.24, 2.45) is 5.73 Å². The summed E-state index contributed by atoms with van der Waals surface area (Å²) in [4.78, 5) is 14.5. The zero-order valence-electron chi connectivity index (χ0n) is 12.3. The Hall–Kier alpha value is -0.580. The lowest BCUT2D eigenvalue weighted by Gasteiger charge is -2.38. The summed E-state index contributed by atoms with van der Waals surface area (Å²) in [5.41, 5.74) is 7.10. The van der Waals surface area contributed by atoms with Crippen LogP contribution in [0.2, 0.25) is 5.02 Å². The molecule has 116 valence electrons. The van der Waals surface area contributed by atoms with Crippen LogP contribution in [-0.2, 0) is 11.2 Å². The molecular weight excluding hydrogens is 352 g/mol. The number of nitrogens with zero attached hydrogens (tertiary/aromatic N) is 1. The minimum absolute atomic E-state index is 0.0344. The number of likely N-dealkylation sites (tertiary alicyclic amines) is 1. The van der Waals surface area contributed by atoms with Gasteiger partial charge in [0.15, 0.2) is 0 Å². The second-order valence-corrected chi connectivity index (χ2v) is 7.04. The van der Waals surface area contributed by atoms with Gasteiger partial charge in [0.25, 0.3) is 0 Å². The van der Waals surface area contributed by atoms with E-state index >= 15 is 0 Å². The topological polar surface area (TPSA) is 46.3 Å². The Morgan fingerprint density at radius 3 is 3.00 bits per heavy atom. The molecule has 2 atom stereocenters. The summed E-state index contributed by atoms with van der Waals surface area (Å²) < 4.78 is 1.00. The van der Waals surface area contributed by atoms with E-state index in [0.29, 0.717) is 17.9 Å². The molecule has 1 heterocycles. The van der Waals surface area contributed by atoms with E-state index < -0.39 is 0 Å². The molecule has 1 aromatic carbocycles. The molecule has 0 aromatic heterocycles. The molecule has 2 unspecified atom stereocenters. The number of amides is 1. The Morgan fingerprint density at radius 1 is 1.52 bits per heavy atom. The van der Waals surface area contributed by atoms with Crippen molar-refractivity contribution in [3.63, 3.8) is 0 Å². The van der Waals surface area contributed by atoms with Gasteiger partial charge in [-0.2, -0.15) is 0 Å². The number of carbonyl (C=O) groups excluding carboxylic acids is 1. The summed E-state index contributed by atoms with van der Waals surface area (Å²) in [7, 11) is 0. The highest BCUT2D eigenvalue weighted by molar-refractivity contribution is 9.10. The Labute approximate surface area is 140 Å². The van der Waals surface area contributed by atoms with Crippen molar-refractivity contribution >= 4 is 33.4 Å². The van der Waals surface area contributed by atoms with Gasteiger partial charge in [0.05, 0.1) is 0 Å². The van der Waals surface area contributed by atoms with Crippen LogP contribution in [0, 0.1) is 0 Å². The Bertz CT molecular complexity index is 507. The summed E-state index contributed by atoms with van der Waals surface area (Å²) in [5, 5.41) is 0.701. The minimum Gasteiger partial charge on any atom is -0.338 e. The summed E-state index contributed by atoms with van der Waals surface area (Å²) in [6, 6.07) is 5.90. The smallest absolute Gasteiger partial charge is 0.223 e. The van der Waals surface area contributed by atoms with Crippen LogP contribution in [-0.4, -0.2) is 29.4 Å². The van der Waals surface area contributed by atoms with Crippen molar-refractivity contribution in [3.8, 4) is 0 Å². The van der Waals surface area contributed by atoms with Gasteiger partial charge >= 0.3 is 0 Å². The quantitative estimate of drug-likeness (QED) is 0.873. The number of piperidine rings is 1. The van der Waals surface area contributed by atoms with Crippen LogP contribution in [0.1, 0.15) is 38.2 Å². The fourth-order valence-corrected chi connectivity index (χ4v) is 3.57. The molecule has 1 aromatic rings. The van der Waals surface area contributed by atoms with Crippen molar-refractivity contribution in [2.75, 3.05) is 6.54 Å². The number of hydrogen-bond acceptors (Lipinski definition) is 2. The summed E-state index contributed by atoms with van der Waals surface area (Å²) in [5.74, 6) is 0.198. The molecule has 0 spiro atoms. The van der Waals surface area contributed by atoms with Crippen LogP contribution in [0.4, 0.5) is 0 Å². The van der Waals surface area contributed by atoms with Gasteiger partial charge in [0.1, 0.15) is 0 Å². The number of rotatable bonds is 4. The molecule has 0 bridgehead atoms. The molecule has 1 fully saturated rings. The molecule has 1 aliphatic heterocycles. The molecule has 2 rings (SSSR count). The van der Waals surface area contributed by atoms with Crippen molar-refractivity contribution in [1.82, 2.24) is 4.90 Å². The average Bonchev–Trinajstić information content (AvgIpc) is 2.47. The number of hydrogen-bond donors (Lipinski definition) is 1. The van der Waals surface area contributed by atoms with E-state index in [1.165, 1.54) is 0 Å². The largest absolute Gasteiger partial charge is 0.338 e. The average molecular weight is 374 g/mol. The van der Waals surface area contributed by atoms with Crippen LogP contribution >= 0.6 is 27.5 Å². The monoisotopic (exact) mass is 372 g/mol. The third kappa shape index (κ3) is 4.44. The van der Waals surface area contributed by atoms with Gasteiger partial charge in [-0.15, -0.1) is 0 Å². The summed E-state index contributed by atoms with van der Waals surface area (Å²) >= 11 is 9.52. The second kappa shape index (κ2) is 7.61. The highest BCUT2D eigenvalue weighted by Crippen LogP contribution is 2.24. The molecular formula is C16H22BrClN2O. The number of benzene rings is 1. The fraction of sp³-hybridized carbons (Fsp3) is 0.562. The van der Waals surface area contributed by atoms with Crippen LogP contribution in [0.3, 0.4) is 0 Å². The van der Waals surface area contributed by atoms with E-state index in [1.807, 2.05) is 30.0 Å². The number of nitrogens with two attached hydrogens (primary N) is 1. The lowest BCUT2D eigenvalue weighted by molar-refractivity contribution is -0.135. The molecule has 21 heavy (non-hydrogen) atoms. The maximum absolute atomic E-state index is 12.5. The Morgan fingerprint density at radius 2 is 2.29 bits per heavy atom. The first-order valence-electron chi connectivity index (χ1n) is 7.48. The zero-order valence-corrected chi connectivity index (χ0v) is 14.7. The third-order valence-electron chi connectivity index (χ3n) is 4.09. The predicted octanol–water partition coefficient (Wildman–Crippen LogP) is 3.76. The highest BCUT2D eigenvalue weighted by Gasteiger charge is 2.28. The first kappa shape index (κ1) is 16.8. The molecule has 3 nitrogen and oxygen atoms in total. The SMILES string of the molecule is CC(N)C1CCCCN1C(=O)CCc1cc(Cl)ccc1Br. The van der Waals surface area contributed by atoms with Crippen molar-refractivity contribution in [3.05, 3.63) is 33.3 Å². The zero-order chi connectivity index (χ0) is 15.4. The van der Waals surface area contributed by atoms with E-state index in [1.54, 1.807) is 0 Å². The van der Waals surface area contributed by atoms with Crippen LogP contribution in [0.25, 0.3) is 0 Å². The Kier molecular flexibility index (Phi) is 6.08. The van der Waals surface area contributed by atoms with E-state index in [4.69, 9.17) is 17.3 Å². The van der Waals surface area contributed by atoms with E-state index in [9.17, 15) is 4.79 Å². The molecule has 1 saturated heterocycles. The second-order valence-electron chi connectivity index (χ2n) is 5.75. The normalized spacial score (nSPS) is 20.4. The first-order valence-corrected chi connectivity index (χ1v) is 8.65. The van der Waals surface area contributed by atoms with Gasteiger partial charge in [-0.05, 0) is 56.4 Å². The predicted molar refractivity (Wildman–Crippen MR) is 90.5 cm³/mol. The molecule has 0 saturated carbocycles. The standard InChI is InChI=1S/C16H22BrClN2O/c1-11(19)15-4-2-3-9-20(15)16(21)8-5-12-10-13(18)6-7-14(12)17/h6-7,10-11,15H,2-5,8-9,19H2,1H3. The maximum Gasteiger partial charge on any atom is 0.223 e. The van der Waals surface area contributed by atoms with Crippen LogP contribution < -0.4 is 5.73 Å². The number of halogens is 2. The number of aryl methyl sites for hydroxylation is 1. The summed E-state index contributed by atoms with van der Waals surface area (Å²) in [6.45, 7) is 2.82. The molecule has 0 radical (unpaired) electrons. The summed E-state index contributed by atoms with van der Waals surface area (Å²) in [6.07, 6.45) is 4.46. The lowest BCUT2D eigenvalue weighted by Crippen LogP contribution is -2.51. The number of carbonyl (C=O) groups is 1. The Balaban J connectivity index is 1.98. The van der Waals surface area contributed by atoms with Gasteiger partial charge in [0, 0.05) is 34.5 Å². The molecule has 1 amide bonds. The molecule has 2 N–H and O–H groups in total. The van der Waals surface area contributed by atoms with Gasteiger partial charge in [-0.25, -0.2) is 0 Å². The first-order chi connectivity index (χ1) is 9.99. The fourth-order valence-electron chi connectivity index (χ4n) is 2.93. The van der Waals surface area contributed by atoms with E-state index in [2.05, 4.69) is 15.9 Å². The van der Waals surface area contributed by atoms with Gasteiger partial charge in [-0.3, -0.25) is 4.79 Å². The van der Waals surface area contributed by atoms with E-state index in [-0.39, 0.29) is 18.0 Å².